The minimum atomic E-state index is -1.80. The fourth-order valence-corrected chi connectivity index (χ4v) is 5.59. The van der Waals surface area contributed by atoms with Gasteiger partial charge in [0.2, 0.25) is 0 Å². The Morgan fingerprint density at radius 3 is 2.08 bits per heavy atom. The molecule has 0 unspecified atom stereocenters. The maximum absolute atomic E-state index is 4.57. The van der Waals surface area contributed by atoms with E-state index in [0.29, 0.717) is 0 Å². The Balaban J connectivity index is 1.79. The number of fused-ring (bicyclic) bond motifs is 1. The molecule has 0 fully saturated rings. The summed E-state index contributed by atoms with van der Waals surface area (Å²) in [7, 11) is 0. The van der Waals surface area contributed by atoms with Crippen molar-refractivity contribution >= 4 is 28.6 Å². The SMILES string of the molecule is [CH3][Ge]([CH3])([CH3])[c]1ccc(-c2ncnc3cc(-c4ccncc4)ccc23)cc1. The Bertz CT molecular complexity index is 1050. The molecule has 0 aliphatic carbocycles. The summed E-state index contributed by atoms with van der Waals surface area (Å²) in [6.07, 6.45) is 5.28. The average molecular weight is 400 g/mol. The Morgan fingerprint density at radius 2 is 1.38 bits per heavy atom. The maximum atomic E-state index is 4.57. The predicted molar refractivity (Wildman–Crippen MR) is 111 cm³/mol. The third kappa shape index (κ3) is 3.27. The predicted octanol–water partition coefficient (Wildman–Crippen LogP) is 4.90. The number of hydrogen-bond acceptors (Lipinski definition) is 3. The van der Waals surface area contributed by atoms with E-state index in [1.165, 1.54) is 4.40 Å². The summed E-state index contributed by atoms with van der Waals surface area (Å²) >= 11 is -1.80. The van der Waals surface area contributed by atoms with Crippen molar-refractivity contribution in [2.24, 2.45) is 0 Å². The zero-order valence-corrected chi connectivity index (χ0v) is 17.4. The van der Waals surface area contributed by atoms with E-state index in [0.717, 1.165) is 33.3 Å². The Kier molecular flexibility index (Phi) is 4.33. The summed E-state index contributed by atoms with van der Waals surface area (Å²) in [5.74, 6) is 7.24. The number of pyridine rings is 1. The Morgan fingerprint density at radius 1 is 0.692 bits per heavy atom. The molecule has 4 heteroatoms. The first-order chi connectivity index (χ1) is 12.5. The number of aromatic nitrogens is 3. The summed E-state index contributed by atoms with van der Waals surface area (Å²) in [6, 6.07) is 19.3. The van der Waals surface area contributed by atoms with Crippen LogP contribution >= 0.6 is 0 Å². The van der Waals surface area contributed by atoms with Gasteiger partial charge in [-0.3, -0.25) is 4.98 Å². The van der Waals surface area contributed by atoms with Crippen LogP contribution in [0, 0.1) is 0 Å². The van der Waals surface area contributed by atoms with Crippen LogP contribution < -0.4 is 4.40 Å². The first-order valence-corrected chi connectivity index (χ1v) is 16.1. The fraction of sp³-hybridized carbons (Fsp3) is 0.136. The molecule has 4 rings (SSSR count). The zero-order chi connectivity index (χ0) is 18.1. The average Bonchev–Trinajstić information content (AvgIpc) is 2.67. The van der Waals surface area contributed by atoms with Gasteiger partial charge in [0.25, 0.3) is 0 Å². The van der Waals surface area contributed by atoms with Crippen LogP contribution in [0.1, 0.15) is 0 Å². The monoisotopic (exact) mass is 401 g/mol. The summed E-state index contributed by atoms with van der Waals surface area (Å²) in [4.78, 5) is 13.1. The van der Waals surface area contributed by atoms with Crippen molar-refractivity contribution in [2.45, 2.75) is 17.3 Å². The first kappa shape index (κ1) is 16.9. The first-order valence-electron chi connectivity index (χ1n) is 8.78. The molecule has 26 heavy (non-hydrogen) atoms. The van der Waals surface area contributed by atoms with Crippen molar-refractivity contribution in [3.63, 3.8) is 0 Å². The molecule has 128 valence electrons. The summed E-state index contributed by atoms with van der Waals surface area (Å²) < 4.78 is 1.51. The number of benzene rings is 2. The third-order valence-electron chi connectivity index (χ3n) is 4.67. The van der Waals surface area contributed by atoms with Crippen molar-refractivity contribution in [2.75, 3.05) is 0 Å². The van der Waals surface area contributed by atoms with Crippen LogP contribution in [0.3, 0.4) is 0 Å². The van der Waals surface area contributed by atoms with Crippen molar-refractivity contribution in [3.05, 3.63) is 73.3 Å². The molecular weight excluding hydrogens is 379 g/mol. The molecule has 0 saturated heterocycles. The van der Waals surface area contributed by atoms with Gasteiger partial charge in [-0.1, -0.05) is 0 Å². The zero-order valence-electron chi connectivity index (χ0n) is 15.3. The number of rotatable bonds is 3. The summed E-state index contributed by atoms with van der Waals surface area (Å²) in [5.41, 5.74) is 5.37. The van der Waals surface area contributed by atoms with Gasteiger partial charge in [0.05, 0.1) is 0 Å². The van der Waals surface area contributed by atoms with Crippen LogP contribution in [-0.4, -0.2) is 28.2 Å². The fourth-order valence-electron chi connectivity index (χ4n) is 3.14. The molecule has 0 amide bonds. The molecule has 2 aromatic heterocycles. The molecule has 0 saturated carbocycles. The van der Waals surface area contributed by atoms with Crippen LogP contribution in [-0.2, 0) is 0 Å². The van der Waals surface area contributed by atoms with E-state index < -0.39 is 13.3 Å². The topological polar surface area (TPSA) is 38.7 Å². The molecule has 0 aliphatic heterocycles. The van der Waals surface area contributed by atoms with Gasteiger partial charge in [-0.05, 0) is 0 Å². The van der Waals surface area contributed by atoms with Gasteiger partial charge < -0.3 is 0 Å². The van der Waals surface area contributed by atoms with Gasteiger partial charge in [-0.2, -0.15) is 0 Å². The number of nitrogens with zero attached hydrogens (tertiary/aromatic N) is 3. The van der Waals surface area contributed by atoms with E-state index in [4.69, 9.17) is 0 Å². The molecule has 4 aromatic rings. The van der Waals surface area contributed by atoms with Gasteiger partial charge in [-0.15, -0.1) is 0 Å². The van der Waals surface area contributed by atoms with E-state index >= 15 is 0 Å². The van der Waals surface area contributed by atoms with Gasteiger partial charge in [0.15, 0.2) is 0 Å². The Hall–Kier alpha value is -2.53. The van der Waals surface area contributed by atoms with E-state index in [1.54, 1.807) is 6.33 Å². The molecule has 0 N–H and O–H groups in total. The molecule has 0 bridgehead atoms. The second-order valence-electron chi connectivity index (χ2n) is 7.52. The van der Waals surface area contributed by atoms with Crippen LogP contribution in [0.5, 0.6) is 0 Å². The Labute approximate surface area is 156 Å². The normalized spacial score (nSPS) is 11.7. The van der Waals surface area contributed by atoms with Crippen LogP contribution in [0.2, 0.25) is 17.3 Å². The second kappa shape index (κ2) is 6.65. The summed E-state index contributed by atoms with van der Waals surface area (Å²) in [6.45, 7) is 0. The van der Waals surface area contributed by atoms with Crippen molar-refractivity contribution in [1.82, 2.24) is 15.0 Å². The standard InChI is InChI=1S/C22H21GeN3/c1-23(2,3)19-7-4-17(5-8-19)22-20-9-6-18(14-21(20)25-15-26-22)16-10-12-24-13-11-16/h4-15H,1-3H3. The molecule has 2 heterocycles. The summed E-state index contributed by atoms with van der Waals surface area (Å²) in [5, 5.41) is 1.08. The van der Waals surface area contributed by atoms with Crippen molar-refractivity contribution < 1.29 is 0 Å². The molecule has 0 radical (unpaired) electrons. The molecule has 0 spiro atoms. The molecule has 2 aromatic carbocycles. The van der Waals surface area contributed by atoms with Crippen LogP contribution in [0.15, 0.2) is 73.3 Å². The minimum absolute atomic E-state index is 0.960. The van der Waals surface area contributed by atoms with E-state index in [9.17, 15) is 0 Å². The van der Waals surface area contributed by atoms with Crippen molar-refractivity contribution in [3.8, 4) is 22.4 Å². The molecule has 0 aliphatic rings. The molecular formula is C22H21GeN3. The quantitative estimate of drug-likeness (QED) is 0.459. The van der Waals surface area contributed by atoms with Crippen molar-refractivity contribution in [1.29, 1.82) is 0 Å². The van der Waals surface area contributed by atoms with Gasteiger partial charge in [0, 0.05) is 0 Å². The van der Waals surface area contributed by atoms with E-state index in [-0.39, 0.29) is 0 Å². The van der Waals surface area contributed by atoms with Crippen LogP contribution in [0.25, 0.3) is 33.3 Å². The van der Waals surface area contributed by atoms with Gasteiger partial charge in [0.1, 0.15) is 0 Å². The molecule has 3 nitrogen and oxygen atoms in total. The van der Waals surface area contributed by atoms with Gasteiger partial charge in [-0.25, -0.2) is 0 Å². The molecule has 0 atom stereocenters. The third-order valence-corrected chi connectivity index (χ3v) is 9.01. The van der Waals surface area contributed by atoms with Gasteiger partial charge >= 0.3 is 152 Å². The van der Waals surface area contributed by atoms with E-state index in [2.05, 4.69) is 74.7 Å². The van der Waals surface area contributed by atoms with Crippen LogP contribution in [0.4, 0.5) is 0 Å². The number of hydrogen-bond donors (Lipinski definition) is 0. The second-order valence-corrected chi connectivity index (χ2v) is 18.2. The van der Waals surface area contributed by atoms with E-state index in [1.807, 2.05) is 24.5 Å².